The molecule has 1 amide bonds. The molecule has 0 fully saturated rings. The van der Waals surface area contributed by atoms with Gasteiger partial charge in [0.25, 0.3) is 5.91 Å². The van der Waals surface area contributed by atoms with E-state index >= 15 is 0 Å². The third kappa shape index (κ3) is 2.78. The molecule has 0 aliphatic heterocycles. The van der Waals surface area contributed by atoms with Crippen LogP contribution in [0.1, 0.15) is 28.6 Å². The number of fused-ring (bicyclic) bond motifs is 1. The fourth-order valence-electron chi connectivity index (χ4n) is 2.51. The van der Waals surface area contributed by atoms with Crippen molar-refractivity contribution in [2.45, 2.75) is 13.8 Å². The molecule has 0 aliphatic rings. The number of nitrogens with zero attached hydrogens (tertiary/aromatic N) is 3. The Morgan fingerprint density at radius 1 is 1.32 bits per heavy atom. The van der Waals surface area contributed by atoms with Crippen molar-refractivity contribution in [3.05, 3.63) is 72.2 Å². The molecule has 1 aromatic carbocycles. The van der Waals surface area contributed by atoms with Gasteiger partial charge in [0.1, 0.15) is 17.6 Å². The van der Waals surface area contributed by atoms with Crippen LogP contribution in [-0.2, 0) is 0 Å². The van der Waals surface area contributed by atoms with Crippen LogP contribution in [0.3, 0.4) is 0 Å². The molecule has 0 radical (unpaired) electrons. The SMILES string of the molecule is [2H]c1c(C)nc2c(C(=O)Nc3ccc(-c4cocn4)cc3)cc([2H])n2c1C([2H])([2H])[2H]. The minimum Gasteiger partial charge on any atom is -0.451 e. The Balaban J connectivity index is 1.71. The second-order valence-electron chi connectivity index (χ2n) is 5.42. The van der Waals surface area contributed by atoms with Crippen molar-refractivity contribution in [2.75, 3.05) is 5.32 Å². The number of hydrogen-bond donors (Lipinski definition) is 1. The van der Waals surface area contributed by atoms with Crippen LogP contribution in [0.2, 0.25) is 0 Å². The summed E-state index contributed by atoms with van der Waals surface area (Å²) in [6.45, 7) is -1.14. The molecular weight excluding hydrogens is 316 g/mol. The molecule has 25 heavy (non-hydrogen) atoms. The number of carbonyl (C=O) groups excluding carboxylic acids is 1. The highest BCUT2D eigenvalue weighted by atomic mass is 16.3. The topological polar surface area (TPSA) is 72.4 Å². The third-order valence-electron chi connectivity index (χ3n) is 3.70. The first-order valence-electron chi connectivity index (χ1n) is 9.96. The van der Waals surface area contributed by atoms with Crippen molar-refractivity contribution < 1.29 is 16.1 Å². The monoisotopic (exact) mass is 337 g/mol. The number of aromatic nitrogens is 3. The number of benzene rings is 1. The highest BCUT2D eigenvalue weighted by Crippen LogP contribution is 2.21. The zero-order valence-electron chi connectivity index (χ0n) is 18.2. The minimum absolute atomic E-state index is 0.0244. The van der Waals surface area contributed by atoms with E-state index in [1.165, 1.54) is 25.6 Å². The summed E-state index contributed by atoms with van der Waals surface area (Å²) in [4.78, 5) is 21.1. The van der Waals surface area contributed by atoms with Crippen molar-refractivity contribution in [1.82, 2.24) is 14.4 Å². The molecule has 0 saturated carbocycles. The predicted octanol–water partition coefficient (Wildman–Crippen LogP) is 3.86. The van der Waals surface area contributed by atoms with Gasteiger partial charge >= 0.3 is 0 Å². The molecule has 4 rings (SSSR count). The van der Waals surface area contributed by atoms with Gasteiger partial charge in [-0.2, -0.15) is 0 Å². The van der Waals surface area contributed by atoms with Crippen LogP contribution < -0.4 is 5.32 Å². The summed E-state index contributed by atoms with van der Waals surface area (Å²) >= 11 is 0. The van der Waals surface area contributed by atoms with E-state index in [1.54, 1.807) is 24.3 Å². The normalized spacial score (nSPS) is 14.4. The lowest BCUT2D eigenvalue weighted by Crippen LogP contribution is -2.12. The van der Waals surface area contributed by atoms with E-state index in [4.69, 9.17) is 11.3 Å². The van der Waals surface area contributed by atoms with Crippen LogP contribution in [0.25, 0.3) is 16.9 Å². The van der Waals surface area contributed by atoms with Gasteiger partial charge in [0.15, 0.2) is 6.39 Å². The first-order chi connectivity index (χ1) is 14.2. The number of amides is 1. The number of nitrogens with one attached hydrogen (secondary N) is 1. The largest absolute Gasteiger partial charge is 0.451 e. The zero-order valence-corrected chi connectivity index (χ0v) is 13.2. The van der Waals surface area contributed by atoms with E-state index in [-0.39, 0.29) is 34.8 Å². The summed E-state index contributed by atoms with van der Waals surface area (Å²) in [6, 6.07) is 7.88. The lowest BCUT2D eigenvalue weighted by Gasteiger charge is -2.06. The molecule has 6 heteroatoms. The van der Waals surface area contributed by atoms with E-state index in [2.05, 4.69) is 15.3 Å². The number of carbonyl (C=O) groups is 1. The lowest BCUT2D eigenvalue weighted by atomic mass is 10.1. The Labute approximate surface area is 151 Å². The maximum absolute atomic E-state index is 12.8. The molecule has 1 N–H and O–H groups in total. The van der Waals surface area contributed by atoms with Crippen molar-refractivity contribution in [2.24, 2.45) is 0 Å². The highest BCUT2D eigenvalue weighted by Gasteiger charge is 2.14. The summed E-state index contributed by atoms with van der Waals surface area (Å²) in [7, 11) is 0. The van der Waals surface area contributed by atoms with Crippen molar-refractivity contribution in [1.29, 1.82) is 0 Å². The number of aryl methyl sites for hydroxylation is 2. The Morgan fingerprint density at radius 2 is 2.16 bits per heavy atom. The highest BCUT2D eigenvalue weighted by molar-refractivity contribution is 6.08. The van der Waals surface area contributed by atoms with Gasteiger partial charge < -0.3 is 14.1 Å². The predicted molar refractivity (Wildman–Crippen MR) is 94.6 cm³/mol. The molecule has 3 heterocycles. The van der Waals surface area contributed by atoms with Crippen molar-refractivity contribution in [3.63, 3.8) is 0 Å². The Bertz CT molecular complexity index is 1250. The number of rotatable bonds is 3. The van der Waals surface area contributed by atoms with Gasteiger partial charge in [-0.05, 0) is 38.0 Å². The van der Waals surface area contributed by atoms with Crippen molar-refractivity contribution >= 4 is 17.2 Å². The van der Waals surface area contributed by atoms with Crippen LogP contribution in [0.5, 0.6) is 0 Å². The molecule has 124 valence electrons. The summed E-state index contributed by atoms with van der Waals surface area (Å²) in [5.41, 5.74) is 1.87. The van der Waals surface area contributed by atoms with Gasteiger partial charge in [0, 0.05) is 32.9 Å². The summed E-state index contributed by atoms with van der Waals surface area (Å²) < 4.78 is 45.4. The van der Waals surface area contributed by atoms with E-state index in [9.17, 15) is 4.79 Å². The van der Waals surface area contributed by atoms with Gasteiger partial charge in [0.2, 0.25) is 0 Å². The molecule has 0 aliphatic carbocycles. The molecule has 0 spiro atoms. The second-order valence-corrected chi connectivity index (χ2v) is 5.42. The zero-order chi connectivity index (χ0) is 21.6. The average molecular weight is 337 g/mol. The fourth-order valence-corrected chi connectivity index (χ4v) is 2.51. The van der Waals surface area contributed by atoms with Gasteiger partial charge in [-0.1, -0.05) is 12.1 Å². The molecule has 3 aromatic heterocycles. The lowest BCUT2D eigenvalue weighted by molar-refractivity contribution is 0.102. The summed E-state index contributed by atoms with van der Waals surface area (Å²) in [6.07, 6.45) is 2.60. The maximum atomic E-state index is 12.8. The summed E-state index contributed by atoms with van der Waals surface area (Å²) in [5, 5.41) is 2.72. The van der Waals surface area contributed by atoms with Crippen LogP contribution in [0.4, 0.5) is 5.69 Å². The average Bonchev–Trinajstić information content (AvgIpc) is 3.31. The fraction of sp³-hybridized carbons (Fsp3) is 0.105. The molecular formula is C19H16N4O2. The van der Waals surface area contributed by atoms with E-state index in [0.29, 0.717) is 11.4 Å². The minimum atomic E-state index is -2.64. The van der Waals surface area contributed by atoms with Crippen LogP contribution in [-0.4, -0.2) is 20.3 Å². The molecule has 0 atom stereocenters. The smallest absolute Gasteiger partial charge is 0.259 e. The van der Waals surface area contributed by atoms with E-state index < -0.39 is 12.8 Å². The molecule has 0 bridgehead atoms. The molecule has 0 saturated heterocycles. The quantitative estimate of drug-likeness (QED) is 0.616. The third-order valence-corrected chi connectivity index (χ3v) is 3.70. The molecule has 4 aromatic rings. The number of hydrogen-bond acceptors (Lipinski definition) is 4. The first kappa shape index (κ1) is 10.5. The van der Waals surface area contributed by atoms with Gasteiger partial charge in [-0.3, -0.25) is 4.79 Å². The van der Waals surface area contributed by atoms with Crippen molar-refractivity contribution in [3.8, 4) is 11.3 Å². The Hall–Kier alpha value is -3.41. The number of anilines is 1. The van der Waals surface area contributed by atoms with Gasteiger partial charge in [-0.25, -0.2) is 9.97 Å². The Kier molecular flexibility index (Phi) is 2.47. The summed E-state index contributed by atoms with van der Waals surface area (Å²) in [5.74, 6) is -0.540. The van der Waals surface area contributed by atoms with Crippen LogP contribution >= 0.6 is 0 Å². The Morgan fingerprint density at radius 3 is 2.88 bits per heavy atom. The molecule has 6 nitrogen and oxygen atoms in total. The molecule has 0 unspecified atom stereocenters. The van der Waals surface area contributed by atoms with Crippen LogP contribution in [0, 0.1) is 13.8 Å². The van der Waals surface area contributed by atoms with E-state index in [0.717, 1.165) is 9.96 Å². The maximum Gasteiger partial charge on any atom is 0.259 e. The van der Waals surface area contributed by atoms with Gasteiger partial charge in [-0.15, -0.1) is 0 Å². The standard InChI is InChI=1S/C19H16N4O2/c1-12-9-13(2)23-8-7-16(18(23)21-12)19(24)22-15-5-3-14(4-6-15)17-10-25-11-20-17/h3-11H,1-2H3,(H,22,24)/i2D3,8D,9D. The van der Waals surface area contributed by atoms with Gasteiger partial charge in [0.05, 0.1) is 8.30 Å². The second kappa shape index (κ2) is 5.90. The number of oxazole rings is 1. The first-order valence-corrected chi connectivity index (χ1v) is 7.46. The van der Waals surface area contributed by atoms with Crippen LogP contribution in [0.15, 0.2) is 59.6 Å². The van der Waals surface area contributed by atoms with E-state index in [1.807, 2.05) is 0 Å².